The molecule has 0 amide bonds. The van der Waals surface area contributed by atoms with Crippen LogP contribution in [0.4, 0.5) is 5.69 Å². The summed E-state index contributed by atoms with van der Waals surface area (Å²) in [7, 11) is 0. The average molecular weight is 376 g/mol. The molecule has 1 N–H and O–H groups in total. The molecule has 3 unspecified atom stereocenters. The molecule has 21 heavy (non-hydrogen) atoms. The first-order valence-corrected chi connectivity index (χ1v) is 8.95. The molecule has 1 fully saturated rings. The van der Waals surface area contributed by atoms with Crippen molar-refractivity contribution in [3.63, 3.8) is 0 Å². The SMILES string of the molecule is CCCCCC(O)C1CN(c2ccccc2)CC(Br)N1Cl. The van der Waals surface area contributed by atoms with E-state index in [1.165, 1.54) is 12.1 Å². The van der Waals surface area contributed by atoms with Crippen LogP contribution in [0.1, 0.15) is 32.6 Å². The van der Waals surface area contributed by atoms with Gasteiger partial charge in [0, 0.05) is 18.8 Å². The van der Waals surface area contributed by atoms with Crippen molar-refractivity contribution < 1.29 is 5.11 Å². The number of piperazine rings is 1. The van der Waals surface area contributed by atoms with Gasteiger partial charge in [0.25, 0.3) is 0 Å². The summed E-state index contributed by atoms with van der Waals surface area (Å²) < 4.78 is 1.75. The second-order valence-electron chi connectivity index (χ2n) is 5.65. The monoisotopic (exact) mass is 374 g/mol. The summed E-state index contributed by atoms with van der Waals surface area (Å²) in [6.45, 7) is 3.74. The van der Waals surface area contributed by atoms with Crippen LogP contribution in [0.25, 0.3) is 0 Å². The van der Waals surface area contributed by atoms with Gasteiger partial charge in [0.2, 0.25) is 0 Å². The van der Waals surface area contributed by atoms with Gasteiger partial charge in [-0.05, 0) is 30.3 Å². The van der Waals surface area contributed by atoms with Gasteiger partial charge in [0.1, 0.15) is 0 Å². The number of rotatable bonds is 6. The minimum Gasteiger partial charge on any atom is -0.391 e. The highest BCUT2D eigenvalue weighted by Crippen LogP contribution is 2.29. The smallest absolute Gasteiger partial charge is 0.0980 e. The van der Waals surface area contributed by atoms with E-state index in [1.807, 2.05) is 18.2 Å². The summed E-state index contributed by atoms with van der Waals surface area (Å²) >= 11 is 10.0. The first kappa shape index (κ1) is 17.1. The first-order chi connectivity index (χ1) is 10.1. The Morgan fingerprint density at radius 2 is 2.00 bits per heavy atom. The largest absolute Gasteiger partial charge is 0.391 e. The summed E-state index contributed by atoms with van der Waals surface area (Å²) in [5.74, 6) is 0. The number of hydrogen-bond donors (Lipinski definition) is 1. The lowest BCUT2D eigenvalue weighted by Gasteiger charge is -2.43. The number of nitrogens with zero attached hydrogens (tertiary/aromatic N) is 2. The van der Waals surface area contributed by atoms with E-state index in [-0.39, 0.29) is 17.1 Å². The fraction of sp³-hybridized carbons (Fsp3) is 0.625. The van der Waals surface area contributed by atoms with E-state index < -0.39 is 0 Å². The lowest BCUT2D eigenvalue weighted by molar-refractivity contribution is 0.0720. The molecule has 0 spiro atoms. The molecule has 0 radical (unpaired) electrons. The molecule has 1 aromatic rings. The van der Waals surface area contributed by atoms with Crippen molar-refractivity contribution in [2.45, 2.75) is 49.7 Å². The van der Waals surface area contributed by atoms with Gasteiger partial charge in [-0.15, -0.1) is 0 Å². The highest BCUT2D eigenvalue weighted by atomic mass is 79.9. The third-order valence-corrected chi connectivity index (χ3v) is 5.48. The van der Waals surface area contributed by atoms with Crippen LogP contribution in [0.3, 0.4) is 0 Å². The number of hydrogen-bond acceptors (Lipinski definition) is 3. The highest BCUT2D eigenvalue weighted by molar-refractivity contribution is 9.09. The quantitative estimate of drug-likeness (QED) is 0.352. The normalized spacial score (nSPS) is 25.0. The number of halogens is 2. The average Bonchev–Trinajstić information content (AvgIpc) is 2.51. The second kappa shape index (κ2) is 8.37. The van der Waals surface area contributed by atoms with E-state index in [1.54, 1.807) is 4.42 Å². The first-order valence-electron chi connectivity index (χ1n) is 7.69. The number of benzene rings is 1. The van der Waals surface area contributed by atoms with Gasteiger partial charge in [-0.1, -0.05) is 60.3 Å². The number of anilines is 1. The Morgan fingerprint density at radius 3 is 2.67 bits per heavy atom. The van der Waals surface area contributed by atoms with Crippen molar-refractivity contribution >= 4 is 33.4 Å². The molecule has 1 saturated heterocycles. The van der Waals surface area contributed by atoms with Crippen LogP contribution in [0.5, 0.6) is 0 Å². The van der Waals surface area contributed by atoms with Gasteiger partial charge in [-0.25, -0.2) is 0 Å². The van der Waals surface area contributed by atoms with Gasteiger partial charge in [0.15, 0.2) is 0 Å². The second-order valence-corrected chi connectivity index (χ2v) is 7.10. The molecular weight excluding hydrogens is 352 g/mol. The van der Waals surface area contributed by atoms with Gasteiger partial charge < -0.3 is 10.0 Å². The Morgan fingerprint density at radius 1 is 1.29 bits per heavy atom. The van der Waals surface area contributed by atoms with Gasteiger partial charge >= 0.3 is 0 Å². The van der Waals surface area contributed by atoms with E-state index >= 15 is 0 Å². The number of para-hydroxylation sites is 1. The predicted octanol–water partition coefficient (Wildman–Crippen LogP) is 3.99. The molecule has 0 bridgehead atoms. The highest BCUT2D eigenvalue weighted by Gasteiger charge is 2.36. The molecule has 1 heterocycles. The standard InChI is InChI=1S/C16H24BrClN2O/c1-2-3-5-10-15(21)14-11-19(12-16(17)20(14)18)13-8-6-4-7-9-13/h4,6-9,14-16,21H,2-3,5,10-12H2,1H3. The van der Waals surface area contributed by atoms with E-state index in [9.17, 15) is 5.11 Å². The van der Waals surface area contributed by atoms with Crippen molar-refractivity contribution in [2.75, 3.05) is 18.0 Å². The molecule has 0 aromatic heterocycles. The van der Waals surface area contributed by atoms with Crippen LogP contribution in [0.2, 0.25) is 0 Å². The minimum atomic E-state index is -0.388. The Labute approximate surface area is 141 Å². The van der Waals surface area contributed by atoms with Crippen molar-refractivity contribution in [3.05, 3.63) is 30.3 Å². The Bertz CT molecular complexity index is 420. The zero-order valence-corrected chi connectivity index (χ0v) is 14.8. The molecule has 3 nitrogen and oxygen atoms in total. The fourth-order valence-corrected chi connectivity index (χ4v) is 3.68. The fourth-order valence-electron chi connectivity index (χ4n) is 2.78. The Balaban J connectivity index is 2.02. The molecule has 1 aliphatic rings. The van der Waals surface area contributed by atoms with E-state index in [4.69, 9.17) is 11.8 Å². The lowest BCUT2D eigenvalue weighted by atomic mass is 10.0. The zero-order valence-electron chi connectivity index (χ0n) is 12.5. The van der Waals surface area contributed by atoms with Gasteiger partial charge in [-0.2, -0.15) is 4.42 Å². The van der Waals surface area contributed by atoms with Crippen LogP contribution < -0.4 is 4.90 Å². The number of aliphatic hydroxyl groups excluding tert-OH is 1. The maximum atomic E-state index is 10.5. The van der Waals surface area contributed by atoms with Crippen molar-refractivity contribution in [1.82, 2.24) is 4.42 Å². The molecule has 0 aliphatic carbocycles. The topological polar surface area (TPSA) is 26.7 Å². The summed E-state index contributed by atoms with van der Waals surface area (Å²) in [5, 5.41) is 10.5. The Hall–Kier alpha value is -0.290. The van der Waals surface area contributed by atoms with E-state index in [0.717, 1.165) is 32.4 Å². The maximum absolute atomic E-state index is 10.5. The van der Waals surface area contributed by atoms with Crippen LogP contribution in [0, 0.1) is 0 Å². The van der Waals surface area contributed by atoms with E-state index in [0.29, 0.717) is 0 Å². The lowest BCUT2D eigenvalue weighted by Crippen LogP contribution is -2.57. The summed E-state index contributed by atoms with van der Waals surface area (Å²) in [5.41, 5.74) is 1.18. The molecule has 118 valence electrons. The number of unbranched alkanes of at least 4 members (excludes halogenated alkanes) is 2. The molecule has 2 rings (SSSR count). The van der Waals surface area contributed by atoms with Crippen molar-refractivity contribution in [3.8, 4) is 0 Å². The number of aliphatic hydroxyl groups is 1. The van der Waals surface area contributed by atoms with Crippen LogP contribution in [-0.4, -0.2) is 39.7 Å². The van der Waals surface area contributed by atoms with Crippen LogP contribution in [-0.2, 0) is 0 Å². The summed E-state index contributed by atoms with van der Waals surface area (Å²) in [6.07, 6.45) is 3.80. The minimum absolute atomic E-state index is 0.0407. The van der Waals surface area contributed by atoms with E-state index in [2.05, 4.69) is 39.9 Å². The molecule has 5 heteroatoms. The van der Waals surface area contributed by atoms with Gasteiger partial charge in [-0.3, -0.25) is 0 Å². The van der Waals surface area contributed by atoms with Crippen molar-refractivity contribution in [2.24, 2.45) is 0 Å². The maximum Gasteiger partial charge on any atom is 0.0980 e. The summed E-state index contributed by atoms with van der Waals surface area (Å²) in [6, 6.07) is 10.2. The zero-order chi connectivity index (χ0) is 15.2. The molecule has 1 aromatic carbocycles. The molecule has 3 atom stereocenters. The molecule has 1 aliphatic heterocycles. The Kier molecular flexibility index (Phi) is 6.80. The third kappa shape index (κ3) is 4.59. The third-order valence-electron chi connectivity index (χ3n) is 4.03. The summed E-state index contributed by atoms with van der Waals surface area (Å²) in [4.78, 5) is 2.32. The molecule has 0 saturated carbocycles. The van der Waals surface area contributed by atoms with Crippen LogP contribution >= 0.6 is 27.7 Å². The van der Waals surface area contributed by atoms with Crippen molar-refractivity contribution in [1.29, 1.82) is 0 Å². The van der Waals surface area contributed by atoms with Crippen LogP contribution in [0.15, 0.2) is 30.3 Å². The predicted molar refractivity (Wildman–Crippen MR) is 93.0 cm³/mol. The number of alkyl halides is 1. The van der Waals surface area contributed by atoms with Gasteiger partial charge in [0.05, 0.1) is 17.1 Å². The molecular formula is C16H24BrClN2O.